The Kier molecular flexibility index (Phi) is 7.27. The van der Waals surface area contributed by atoms with Crippen LogP contribution in [0.3, 0.4) is 0 Å². The minimum atomic E-state index is -0.396. The Morgan fingerprint density at radius 1 is 1.10 bits per heavy atom. The maximum Gasteiger partial charge on any atom is 0.155 e. The molecule has 5 nitrogen and oxygen atoms in total. The molecule has 0 unspecified atom stereocenters. The maximum absolute atomic E-state index is 9.56. The third-order valence-corrected chi connectivity index (χ3v) is 5.54. The van der Waals surface area contributed by atoms with Crippen molar-refractivity contribution in [2.24, 2.45) is 0 Å². The van der Waals surface area contributed by atoms with Crippen molar-refractivity contribution in [3.8, 4) is 17.6 Å². The molecule has 0 bridgehead atoms. The van der Waals surface area contributed by atoms with Crippen molar-refractivity contribution in [1.29, 1.82) is 5.26 Å². The standard InChI is InChI=1S/C24H23Cl2N3O2/c1-24(2,19-12-17(14-27)22(21(26)13-19)30-11-9-25)18-5-7-20(8-6-18)31-15-16-4-3-10-29-23(16)28/h3-8,10,12-13H,9,11,15H2,1-2H3,(H2,28,29). The summed E-state index contributed by atoms with van der Waals surface area (Å²) in [5.74, 6) is 1.87. The number of benzene rings is 2. The van der Waals surface area contributed by atoms with Crippen LogP contribution in [0.25, 0.3) is 0 Å². The molecule has 7 heteroatoms. The van der Waals surface area contributed by atoms with E-state index >= 15 is 0 Å². The number of nitrogens with two attached hydrogens (primary N) is 1. The molecule has 0 amide bonds. The van der Waals surface area contributed by atoms with Crippen molar-refractivity contribution >= 4 is 29.0 Å². The van der Waals surface area contributed by atoms with E-state index in [0.29, 0.717) is 34.6 Å². The SMILES string of the molecule is CC(C)(c1ccc(OCc2cccnc2N)cc1)c1cc(Cl)c(OCCCl)c(C#N)c1. The average molecular weight is 456 g/mol. The van der Waals surface area contributed by atoms with E-state index in [0.717, 1.165) is 22.4 Å². The molecule has 31 heavy (non-hydrogen) atoms. The first-order valence-electron chi connectivity index (χ1n) is 9.72. The van der Waals surface area contributed by atoms with Gasteiger partial charge in [-0.15, -0.1) is 11.6 Å². The van der Waals surface area contributed by atoms with Gasteiger partial charge in [0.2, 0.25) is 0 Å². The van der Waals surface area contributed by atoms with E-state index in [1.165, 1.54) is 0 Å². The highest BCUT2D eigenvalue weighted by atomic mass is 35.5. The van der Waals surface area contributed by atoms with E-state index in [1.807, 2.05) is 48.5 Å². The smallest absolute Gasteiger partial charge is 0.155 e. The number of alkyl halides is 1. The highest BCUT2D eigenvalue weighted by Gasteiger charge is 2.26. The predicted molar refractivity (Wildman–Crippen MR) is 124 cm³/mol. The molecule has 2 aromatic carbocycles. The highest BCUT2D eigenvalue weighted by Crippen LogP contribution is 2.38. The number of rotatable bonds is 8. The summed E-state index contributed by atoms with van der Waals surface area (Å²) in [6, 6.07) is 17.3. The molecule has 3 rings (SSSR count). The Bertz CT molecular complexity index is 1090. The first-order chi connectivity index (χ1) is 14.9. The fourth-order valence-electron chi connectivity index (χ4n) is 3.19. The van der Waals surface area contributed by atoms with Gasteiger partial charge in [0, 0.05) is 17.2 Å². The second-order valence-corrected chi connectivity index (χ2v) is 8.25. The van der Waals surface area contributed by atoms with Gasteiger partial charge in [-0.3, -0.25) is 0 Å². The van der Waals surface area contributed by atoms with Crippen LogP contribution in [0.5, 0.6) is 11.5 Å². The molecule has 160 valence electrons. The molecule has 0 radical (unpaired) electrons. The van der Waals surface area contributed by atoms with Gasteiger partial charge < -0.3 is 15.2 Å². The lowest BCUT2D eigenvalue weighted by molar-refractivity contribution is 0.306. The number of pyridine rings is 1. The van der Waals surface area contributed by atoms with Crippen molar-refractivity contribution in [2.75, 3.05) is 18.2 Å². The number of nitrogens with zero attached hydrogens (tertiary/aromatic N) is 2. The molecule has 0 saturated carbocycles. The van der Waals surface area contributed by atoms with Crippen molar-refractivity contribution in [3.05, 3.63) is 82.0 Å². The van der Waals surface area contributed by atoms with Gasteiger partial charge in [-0.2, -0.15) is 5.26 Å². The van der Waals surface area contributed by atoms with E-state index in [2.05, 4.69) is 24.9 Å². The van der Waals surface area contributed by atoms with Gasteiger partial charge in [0.15, 0.2) is 5.75 Å². The molecule has 1 heterocycles. The third kappa shape index (κ3) is 5.22. The minimum Gasteiger partial charge on any atom is -0.489 e. The molecular formula is C24H23Cl2N3O2. The van der Waals surface area contributed by atoms with Gasteiger partial charge in [-0.05, 0) is 41.5 Å². The average Bonchev–Trinajstić information content (AvgIpc) is 2.77. The molecule has 0 atom stereocenters. The summed E-state index contributed by atoms with van der Waals surface area (Å²) in [7, 11) is 0. The molecule has 1 aromatic heterocycles. The van der Waals surface area contributed by atoms with E-state index in [4.69, 9.17) is 38.4 Å². The van der Waals surface area contributed by atoms with Crippen LogP contribution in [0.15, 0.2) is 54.7 Å². The number of nitriles is 1. The monoisotopic (exact) mass is 455 g/mol. The summed E-state index contributed by atoms with van der Waals surface area (Å²) in [4.78, 5) is 4.06. The zero-order valence-corrected chi connectivity index (χ0v) is 18.9. The minimum absolute atomic E-state index is 0.283. The lowest BCUT2D eigenvalue weighted by atomic mass is 9.77. The molecule has 3 aromatic rings. The van der Waals surface area contributed by atoms with E-state index < -0.39 is 5.41 Å². The van der Waals surface area contributed by atoms with Crippen LogP contribution < -0.4 is 15.2 Å². The topological polar surface area (TPSA) is 81.2 Å². The van der Waals surface area contributed by atoms with E-state index in [-0.39, 0.29) is 6.61 Å². The normalized spacial score (nSPS) is 11.1. The van der Waals surface area contributed by atoms with Crippen LogP contribution in [0.2, 0.25) is 5.02 Å². The Hall–Kier alpha value is -2.94. The van der Waals surface area contributed by atoms with Crippen LogP contribution in [0.1, 0.15) is 36.1 Å². The fraction of sp³-hybridized carbons (Fsp3) is 0.250. The van der Waals surface area contributed by atoms with Crippen molar-refractivity contribution in [1.82, 2.24) is 4.98 Å². The number of anilines is 1. The van der Waals surface area contributed by atoms with Gasteiger partial charge in [-0.25, -0.2) is 4.98 Å². The van der Waals surface area contributed by atoms with Gasteiger partial charge in [0.25, 0.3) is 0 Å². The molecule has 0 aliphatic rings. The molecule has 0 fully saturated rings. The van der Waals surface area contributed by atoms with Gasteiger partial charge in [-0.1, -0.05) is 43.6 Å². The number of hydrogen-bond acceptors (Lipinski definition) is 5. The second-order valence-electron chi connectivity index (χ2n) is 7.47. The Morgan fingerprint density at radius 3 is 2.48 bits per heavy atom. The number of hydrogen-bond donors (Lipinski definition) is 1. The summed E-state index contributed by atoms with van der Waals surface area (Å²) < 4.78 is 11.4. The Balaban J connectivity index is 1.81. The lowest BCUT2D eigenvalue weighted by Crippen LogP contribution is -2.19. The van der Waals surface area contributed by atoms with Crippen LogP contribution >= 0.6 is 23.2 Å². The first-order valence-corrected chi connectivity index (χ1v) is 10.6. The van der Waals surface area contributed by atoms with E-state index in [1.54, 1.807) is 6.20 Å². The van der Waals surface area contributed by atoms with Gasteiger partial charge in [0.05, 0.1) is 16.5 Å². The summed E-state index contributed by atoms with van der Waals surface area (Å²) >= 11 is 12.1. The van der Waals surface area contributed by atoms with E-state index in [9.17, 15) is 5.26 Å². The number of nitrogen functional groups attached to an aromatic ring is 1. The number of ether oxygens (including phenoxy) is 2. The lowest BCUT2D eigenvalue weighted by Gasteiger charge is -2.27. The van der Waals surface area contributed by atoms with Crippen molar-refractivity contribution < 1.29 is 9.47 Å². The molecule has 0 saturated heterocycles. The summed E-state index contributed by atoms with van der Waals surface area (Å²) in [6.07, 6.45) is 1.65. The van der Waals surface area contributed by atoms with Crippen LogP contribution in [0, 0.1) is 11.3 Å². The van der Waals surface area contributed by atoms with Gasteiger partial charge >= 0.3 is 0 Å². The summed E-state index contributed by atoms with van der Waals surface area (Å²) in [5, 5.41) is 9.95. The van der Waals surface area contributed by atoms with Crippen LogP contribution in [-0.2, 0) is 12.0 Å². The zero-order chi connectivity index (χ0) is 22.4. The molecular weight excluding hydrogens is 433 g/mol. The fourth-order valence-corrected chi connectivity index (χ4v) is 3.54. The second kappa shape index (κ2) is 9.91. The number of halogens is 2. The maximum atomic E-state index is 9.56. The van der Waals surface area contributed by atoms with Crippen molar-refractivity contribution in [2.45, 2.75) is 25.9 Å². The quantitative estimate of drug-likeness (QED) is 0.439. The third-order valence-electron chi connectivity index (χ3n) is 5.11. The largest absolute Gasteiger partial charge is 0.489 e. The molecule has 2 N–H and O–H groups in total. The summed E-state index contributed by atoms with van der Waals surface area (Å²) in [5.41, 5.74) is 8.64. The summed E-state index contributed by atoms with van der Waals surface area (Å²) in [6.45, 7) is 4.77. The Morgan fingerprint density at radius 2 is 1.84 bits per heavy atom. The predicted octanol–water partition coefficient (Wildman–Crippen LogP) is 5.71. The van der Waals surface area contributed by atoms with Gasteiger partial charge in [0.1, 0.15) is 30.9 Å². The molecule has 0 spiro atoms. The first kappa shape index (κ1) is 22.7. The van der Waals surface area contributed by atoms with Crippen molar-refractivity contribution in [3.63, 3.8) is 0 Å². The highest BCUT2D eigenvalue weighted by molar-refractivity contribution is 6.32. The number of aromatic nitrogens is 1. The Labute approximate surface area is 192 Å². The van der Waals surface area contributed by atoms with Crippen LogP contribution in [0.4, 0.5) is 5.82 Å². The van der Waals surface area contributed by atoms with Crippen LogP contribution in [-0.4, -0.2) is 17.5 Å². The molecule has 0 aliphatic carbocycles. The zero-order valence-electron chi connectivity index (χ0n) is 17.4. The molecule has 0 aliphatic heterocycles.